The van der Waals surface area contributed by atoms with E-state index < -0.39 is 0 Å². The van der Waals surface area contributed by atoms with Gasteiger partial charge in [0.05, 0.1) is 11.6 Å². The molecule has 2 aromatic carbocycles. The summed E-state index contributed by atoms with van der Waals surface area (Å²) >= 11 is 11.0. The van der Waals surface area contributed by atoms with Gasteiger partial charge in [-0.15, -0.1) is 11.8 Å². The maximum atomic E-state index is 5.93. The second-order valence-corrected chi connectivity index (χ2v) is 6.25. The summed E-state index contributed by atoms with van der Waals surface area (Å²) in [6.07, 6.45) is 0. The quantitative estimate of drug-likeness (QED) is 0.618. The first-order valence-electron chi connectivity index (χ1n) is 5.60. The predicted octanol–water partition coefficient (Wildman–Crippen LogP) is 4.99. The molecule has 0 aliphatic heterocycles. The molecule has 19 heavy (non-hydrogen) atoms. The Labute approximate surface area is 130 Å². The first kappa shape index (κ1) is 14.6. The molecule has 0 fully saturated rings. The number of rotatable bonds is 4. The average Bonchev–Trinajstić information content (AvgIpc) is 2.38. The van der Waals surface area contributed by atoms with Crippen LogP contribution >= 0.6 is 39.3 Å². The summed E-state index contributed by atoms with van der Waals surface area (Å²) in [5, 5.41) is 0.661. The van der Waals surface area contributed by atoms with Gasteiger partial charge in [-0.25, -0.2) is 0 Å². The Balaban J connectivity index is 2.08. The normalized spacial score (nSPS) is 10.5. The zero-order valence-corrected chi connectivity index (χ0v) is 13.5. The van der Waals surface area contributed by atoms with Gasteiger partial charge in [0.25, 0.3) is 0 Å². The lowest BCUT2D eigenvalue weighted by Crippen LogP contribution is -1.90. The van der Waals surface area contributed by atoms with Crippen LogP contribution in [-0.2, 0) is 5.75 Å². The molecular formula is C14H13BrClNOS. The van der Waals surface area contributed by atoms with Crippen LogP contribution in [0.25, 0.3) is 0 Å². The lowest BCUT2D eigenvalue weighted by Gasteiger charge is -2.08. The van der Waals surface area contributed by atoms with Crippen molar-refractivity contribution < 1.29 is 4.74 Å². The van der Waals surface area contributed by atoms with Gasteiger partial charge in [-0.05, 0) is 51.8 Å². The monoisotopic (exact) mass is 357 g/mol. The minimum absolute atomic E-state index is 0.661. The van der Waals surface area contributed by atoms with Crippen molar-refractivity contribution in [2.45, 2.75) is 10.6 Å². The van der Waals surface area contributed by atoms with Crippen molar-refractivity contribution in [3.05, 3.63) is 51.5 Å². The molecule has 0 saturated heterocycles. The zero-order valence-electron chi connectivity index (χ0n) is 10.3. The SMILES string of the molecule is COc1ccc(CSc2ccc(Cl)cc2N)cc1Br. The van der Waals surface area contributed by atoms with Crippen LogP contribution in [0.5, 0.6) is 5.75 Å². The van der Waals surface area contributed by atoms with Gasteiger partial charge in [0, 0.05) is 21.4 Å². The lowest BCUT2D eigenvalue weighted by atomic mass is 10.2. The number of benzene rings is 2. The molecule has 5 heteroatoms. The van der Waals surface area contributed by atoms with Gasteiger partial charge in [0.1, 0.15) is 5.75 Å². The summed E-state index contributed by atoms with van der Waals surface area (Å²) in [6.45, 7) is 0. The summed E-state index contributed by atoms with van der Waals surface area (Å²) < 4.78 is 6.16. The van der Waals surface area contributed by atoms with Crippen LogP contribution in [0.2, 0.25) is 5.02 Å². The van der Waals surface area contributed by atoms with E-state index in [9.17, 15) is 0 Å². The summed E-state index contributed by atoms with van der Waals surface area (Å²) in [5.41, 5.74) is 7.84. The molecule has 2 aromatic rings. The fourth-order valence-corrected chi connectivity index (χ4v) is 3.27. The number of hydrogen-bond acceptors (Lipinski definition) is 3. The van der Waals surface area contributed by atoms with Gasteiger partial charge in [-0.3, -0.25) is 0 Å². The fraction of sp³-hybridized carbons (Fsp3) is 0.143. The maximum Gasteiger partial charge on any atom is 0.133 e. The van der Waals surface area contributed by atoms with Crippen molar-refractivity contribution in [3.63, 3.8) is 0 Å². The molecule has 0 spiro atoms. The highest BCUT2D eigenvalue weighted by atomic mass is 79.9. The predicted molar refractivity (Wildman–Crippen MR) is 86.1 cm³/mol. The third-order valence-electron chi connectivity index (χ3n) is 2.58. The Morgan fingerprint density at radius 3 is 2.68 bits per heavy atom. The molecule has 0 heterocycles. The number of nitrogen functional groups attached to an aromatic ring is 1. The van der Waals surface area contributed by atoms with Crippen LogP contribution in [0.1, 0.15) is 5.56 Å². The Kier molecular flexibility index (Phi) is 5.02. The third kappa shape index (κ3) is 3.81. The van der Waals surface area contributed by atoms with Crippen LogP contribution in [0.4, 0.5) is 5.69 Å². The highest BCUT2D eigenvalue weighted by molar-refractivity contribution is 9.10. The van der Waals surface area contributed by atoms with E-state index in [0.717, 1.165) is 20.9 Å². The molecule has 0 unspecified atom stereocenters. The standard InChI is InChI=1S/C14H13BrClNOS/c1-18-13-4-2-9(6-11(13)15)8-19-14-5-3-10(16)7-12(14)17/h2-7H,8,17H2,1H3. The van der Waals surface area contributed by atoms with E-state index in [2.05, 4.69) is 22.0 Å². The van der Waals surface area contributed by atoms with Gasteiger partial charge < -0.3 is 10.5 Å². The molecular weight excluding hydrogens is 346 g/mol. The van der Waals surface area contributed by atoms with Crippen LogP contribution < -0.4 is 10.5 Å². The summed E-state index contributed by atoms with van der Waals surface area (Å²) in [5.74, 6) is 1.67. The van der Waals surface area contributed by atoms with Crippen molar-refractivity contribution in [1.29, 1.82) is 0 Å². The lowest BCUT2D eigenvalue weighted by molar-refractivity contribution is 0.412. The number of hydrogen-bond donors (Lipinski definition) is 1. The van der Waals surface area contributed by atoms with Gasteiger partial charge in [-0.1, -0.05) is 17.7 Å². The van der Waals surface area contributed by atoms with E-state index >= 15 is 0 Å². The van der Waals surface area contributed by atoms with Crippen molar-refractivity contribution in [2.24, 2.45) is 0 Å². The molecule has 2 rings (SSSR count). The van der Waals surface area contributed by atoms with Crippen molar-refractivity contribution in [3.8, 4) is 5.75 Å². The van der Waals surface area contributed by atoms with Crippen LogP contribution in [0.3, 0.4) is 0 Å². The van der Waals surface area contributed by atoms with Crippen molar-refractivity contribution in [1.82, 2.24) is 0 Å². The van der Waals surface area contributed by atoms with Gasteiger partial charge in [0.2, 0.25) is 0 Å². The number of thioether (sulfide) groups is 1. The molecule has 0 atom stereocenters. The topological polar surface area (TPSA) is 35.2 Å². The van der Waals surface area contributed by atoms with E-state index in [-0.39, 0.29) is 0 Å². The molecule has 100 valence electrons. The van der Waals surface area contributed by atoms with Crippen molar-refractivity contribution in [2.75, 3.05) is 12.8 Å². The Hall–Kier alpha value is -0.840. The summed E-state index contributed by atoms with van der Waals surface area (Å²) in [4.78, 5) is 1.04. The van der Waals surface area contributed by atoms with Gasteiger partial charge in [0.15, 0.2) is 0 Å². The van der Waals surface area contributed by atoms with E-state index in [1.54, 1.807) is 24.9 Å². The second kappa shape index (κ2) is 6.55. The van der Waals surface area contributed by atoms with E-state index in [0.29, 0.717) is 10.7 Å². The van der Waals surface area contributed by atoms with E-state index in [1.807, 2.05) is 24.3 Å². The summed E-state index contributed by atoms with van der Waals surface area (Å²) in [7, 11) is 1.66. The van der Waals surface area contributed by atoms with E-state index in [4.69, 9.17) is 22.1 Å². The first-order valence-corrected chi connectivity index (χ1v) is 7.76. The average molecular weight is 359 g/mol. The van der Waals surface area contributed by atoms with E-state index in [1.165, 1.54) is 5.56 Å². The molecule has 0 radical (unpaired) electrons. The molecule has 0 saturated carbocycles. The number of ether oxygens (including phenoxy) is 1. The highest BCUT2D eigenvalue weighted by Crippen LogP contribution is 2.32. The molecule has 2 nitrogen and oxygen atoms in total. The zero-order chi connectivity index (χ0) is 13.8. The highest BCUT2D eigenvalue weighted by Gasteiger charge is 2.04. The smallest absolute Gasteiger partial charge is 0.133 e. The van der Waals surface area contributed by atoms with Gasteiger partial charge in [-0.2, -0.15) is 0 Å². The molecule has 0 bridgehead atoms. The van der Waals surface area contributed by atoms with Crippen molar-refractivity contribution >= 4 is 45.0 Å². The third-order valence-corrected chi connectivity index (χ3v) is 4.60. The van der Waals surface area contributed by atoms with Gasteiger partial charge >= 0.3 is 0 Å². The Morgan fingerprint density at radius 1 is 1.26 bits per heavy atom. The molecule has 0 amide bonds. The molecule has 2 N–H and O–H groups in total. The van der Waals surface area contributed by atoms with Crippen LogP contribution in [-0.4, -0.2) is 7.11 Å². The largest absolute Gasteiger partial charge is 0.496 e. The number of methoxy groups -OCH3 is 1. The minimum Gasteiger partial charge on any atom is -0.496 e. The molecule has 0 aliphatic carbocycles. The maximum absolute atomic E-state index is 5.93. The first-order chi connectivity index (χ1) is 9.10. The molecule has 0 aromatic heterocycles. The number of anilines is 1. The second-order valence-electron chi connectivity index (χ2n) is 3.94. The van der Waals surface area contributed by atoms with Crippen LogP contribution in [0.15, 0.2) is 45.8 Å². The van der Waals surface area contributed by atoms with Crippen LogP contribution in [0, 0.1) is 0 Å². The molecule has 0 aliphatic rings. The fourth-order valence-electron chi connectivity index (χ4n) is 1.61. The Morgan fingerprint density at radius 2 is 2.05 bits per heavy atom. The number of nitrogens with two attached hydrogens (primary N) is 1. The summed E-state index contributed by atoms with van der Waals surface area (Å²) in [6, 6.07) is 11.6. The Bertz CT molecular complexity index is 592. The number of halogens is 2. The minimum atomic E-state index is 0.661.